The van der Waals surface area contributed by atoms with Gasteiger partial charge in [-0.2, -0.15) is 0 Å². The van der Waals surface area contributed by atoms with Gasteiger partial charge in [0.1, 0.15) is 0 Å². The highest BCUT2D eigenvalue weighted by atomic mass is 16.5. The van der Waals surface area contributed by atoms with E-state index in [4.69, 9.17) is 14.2 Å². The van der Waals surface area contributed by atoms with Crippen LogP contribution >= 0.6 is 0 Å². The molecule has 0 amide bonds. The smallest absolute Gasteiger partial charge is 0.0701 e. The molecule has 0 aromatic heterocycles. The van der Waals surface area contributed by atoms with Crippen molar-refractivity contribution in [3.8, 4) is 23.7 Å². The molecule has 0 aromatic carbocycles. The van der Waals surface area contributed by atoms with Crippen molar-refractivity contribution in [2.45, 2.75) is 129 Å². The molecule has 3 heteroatoms. The molecule has 0 unspecified atom stereocenters. The van der Waals surface area contributed by atoms with Gasteiger partial charge < -0.3 is 14.2 Å². The Morgan fingerprint density at radius 2 is 0.606 bits per heavy atom. The lowest BCUT2D eigenvalue weighted by Gasteiger charge is -2.07. The van der Waals surface area contributed by atoms with E-state index in [9.17, 15) is 0 Å². The maximum absolute atomic E-state index is 5.66. The molecule has 3 nitrogen and oxygen atoms in total. The van der Waals surface area contributed by atoms with Crippen LogP contribution < -0.4 is 0 Å². The molecule has 0 saturated carbocycles. The van der Waals surface area contributed by atoms with Crippen LogP contribution in [0.15, 0.2) is 0 Å². The van der Waals surface area contributed by atoms with Gasteiger partial charge in [0.15, 0.2) is 0 Å². The van der Waals surface area contributed by atoms with E-state index < -0.39 is 0 Å². The third-order valence-corrected chi connectivity index (χ3v) is 5.78. The van der Waals surface area contributed by atoms with Crippen molar-refractivity contribution in [2.24, 2.45) is 0 Å². The van der Waals surface area contributed by atoms with Gasteiger partial charge in [-0.3, -0.25) is 0 Å². The van der Waals surface area contributed by atoms with Crippen molar-refractivity contribution in [2.75, 3.05) is 39.6 Å². The van der Waals surface area contributed by atoms with E-state index in [0.717, 1.165) is 26.1 Å². The van der Waals surface area contributed by atoms with E-state index in [0.29, 0.717) is 26.4 Å². The molecule has 0 fully saturated rings. The summed E-state index contributed by atoms with van der Waals surface area (Å²) in [5.74, 6) is 12.2. The molecule has 0 radical (unpaired) electrons. The second-order valence-corrected chi connectivity index (χ2v) is 8.85. The van der Waals surface area contributed by atoms with Gasteiger partial charge in [0.05, 0.1) is 26.4 Å². The van der Waals surface area contributed by atoms with Crippen molar-refractivity contribution in [1.82, 2.24) is 0 Å². The SMILES string of the molecule is CC#CCCCCCCCCCCOCCOCCOCCCCCCCCCCC#CC. The van der Waals surface area contributed by atoms with Crippen molar-refractivity contribution in [3.63, 3.8) is 0 Å². The summed E-state index contributed by atoms with van der Waals surface area (Å²) in [5.41, 5.74) is 0. The lowest BCUT2D eigenvalue weighted by Crippen LogP contribution is -2.10. The van der Waals surface area contributed by atoms with E-state index in [2.05, 4.69) is 23.7 Å². The maximum Gasteiger partial charge on any atom is 0.0701 e. The Morgan fingerprint density at radius 1 is 0.333 bits per heavy atom. The fourth-order valence-electron chi connectivity index (χ4n) is 3.75. The Hall–Kier alpha value is -1.00. The molecule has 0 N–H and O–H groups in total. The Bertz CT molecular complexity index is 436. The normalized spacial score (nSPS) is 10.5. The molecular formula is C30H54O3. The predicted molar refractivity (Wildman–Crippen MR) is 142 cm³/mol. The van der Waals surface area contributed by atoms with E-state index in [-0.39, 0.29) is 0 Å². The van der Waals surface area contributed by atoms with Gasteiger partial charge in [-0.1, -0.05) is 77.0 Å². The average Bonchev–Trinajstić information content (AvgIpc) is 2.83. The number of ether oxygens (including phenoxy) is 3. The minimum Gasteiger partial charge on any atom is -0.379 e. The summed E-state index contributed by atoms with van der Waals surface area (Å²) in [7, 11) is 0. The fourth-order valence-corrected chi connectivity index (χ4v) is 3.75. The third-order valence-electron chi connectivity index (χ3n) is 5.78. The number of hydrogen-bond acceptors (Lipinski definition) is 3. The second kappa shape index (κ2) is 31.0. The minimum absolute atomic E-state index is 0.677. The Morgan fingerprint density at radius 3 is 0.939 bits per heavy atom. The minimum atomic E-state index is 0.677. The molecule has 192 valence electrons. The van der Waals surface area contributed by atoms with Crippen molar-refractivity contribution in [3.05, 3.63) is 0 Å². The van der Waals surface area contributed by atoms with Crippen LogP contribution in [0.25, 0.3) is 0 Å². The molecule has 0 spiro atoms. The highest BCUT2D eigenvalue weighted by Crippen LogP contribution is 2.10. The molecule has 0 aliphatic carbocycles. The number of rotatable bonds is 26. The second-order valence-electron chi connectivity index (χ2n) is 8.85. The Balaban J connectivity index is 3.02. The molecule has 0 rings (SSSR count). The standard InChI is InChI=1S/C30H54O3/c1-3-5-7-9-11-13-15-17-19-21-23-25-31-27-29-33-30-28-32-26-24-22-20-18-16-14-12-10-8-6-4-2/h7-30H2,1-2H3. The van der Waals surface area contributed by atoms with Crippen LogP contribution in [0.4, 0.5) is 0 Å². The van der Waals surface area contributed by atoms with Gasteiger partial charge in [-0.05, 0) is 39.5 Å². The summed E-state index contributed by atoms with van der Waals surface area (Å²) >= 11 is 0. The molecule has 33 heavy (non-hydrogen) atoms. The zero-order valence-corrected chi connectivity index (χ0v) is 22.2. The van der Waals surface area contributed by atoms with Gasteiger partial charge in [-0.15, -0.1) is 23.7 Å². The van der Waals surface area contributed by atoms with Crippen LogP contribution in [0, 0.1) is 23.7 Å². The first-order chi connectivity index (χ1) is 16.4. The summed E-state index contributed by atoms with van der Waals surface area (Å²) in [4.78, 5) is 0. The summed E-state index contributed by atoms with van der Waals surface area (Å²) in [6, 6.07) is 0. The molecule has 0 aromatic rings. The van der Waals surface area contributed by atoms with Gasteiger partial charge in [0, 0.05) is 26.1 Å². The molecular weight excluding hydrogens is 408 g/mol. The van der Waals surface area contributed by atoms with Gasteiger partial charge in [0.2, 0.25) is 0 Å². The predicted octanol–water partition coefficient (Wildman–Crippen LogP) is 8.10. The lowest BCUT2D eigenvalue weighted by molar-refractivity contribution is 0.0132. The summed E-state index contributed by atoms with van der Waals surface area (Å²) in [6.45, 7) is 8.33. The van der Waals surface area contributed by atoms with Crippen LogP contribution in [0.3, 0.4) is 0 Å². The Labute approximate surface area is 207 Å². The molecule has 0 aliphatic rings. The molecule has 0 bridgehead atoms. The molecule has 0 heterocycles. The van der Waals surface area contributed by atoms with Crippen LogP contribution in [-0.2, 0) is 14.2 Å². The van der Waals surface area contributed by atoms with E-state index in [1.54, 1.807) is 0 Å². The summed E-state index contributed by atoms with van der Waals surface area (Å²) in [6.07, 6.45) is 23.1. The zero-order valence-electron chi connectivity index (χ0n) is 22.2. The third kappa shape index (κ3) is 31.0. The van der Waals surface area contributed by atoms with E-state index >= 15 is 0 Å². The Kier molecular flexibility index (Phi) is 30.1. The van der Waals surface area contributed by atoms with Crippen LogP contribution in [0.1, 0.15) is 129 Å². The first kappa shape index (κ1) is 32.0. The first-order valence-electron chi connectivity index (χ1n) is 13.9. The highest BCUT2D eigenvalue weighted by molar-refractivity contribution is 4.94. The monoisotopic (exact) mass is 462 g/mol. The summed E-state index contributed by atoms with van der Waals surface area (Å²) in [5, 5.41) is 0. The first-order valence-corrected chi connectivity index (χ1v) is 13.9. The zero-order chi connectivity index (χ0) is 23.9. The van der Waals surface area contributed by atoms with Crippen molar-refractivity contribution < 1.29 is 14.2 Å². The average molecular weight is 463 g/mol. The molecule has 0 saturated heterocycles. The molecule has 0 atom stereocenters. The fraction of sp³-hybridized carbons (Fsp3) is 0.867. The number of hydrogen-bond donors (Lipinski definition) is 0. The van der Waals surface area contributed by atoms with Crippen LogP contribution in [-0.4, -0.2) is 39.6 Å². The molecule has 0 aliphatic heterocycles. The van der Waals surface area contributed by atoms with Gasteiger partial charge in [0.25, 0.3) is 0 Å². The van der Waals surface area contributed by atoms with Crippen LogP contribution in [0.5, 0.6) is 0 Å². The summed E-state index contributed by atoms with van der Waals surface area (Å²) < 4.78 is 16.9. The van der Waals surface area contributed by atoms with Gasteiger partial charge >= 0.3 is 0 Å². The number of unbranched alkanes of at least 4 members (excludes halogenated alkanes) is 16. The lowest BCUT2D eigenvalue weighted by atomic mass is 10.1. The van der Waals surface area contributed by atoms with E-state index in [1.165, 1.54) is 103 Å². The van der Waals surface area contributed by atoms with Gasteiger partial charge in [-0.25, -0.2) is 0 Å². The van der Waals surface area contributed by atoms with E-state index in [1.807, 2.05) is 13.8 Å². The van der Waals surface area contributed by atoms with Crippen LogP contribution in [0.2, 0.25) is 0 Å². The topological polar surface area (TPSA) is 27.7 Å². The highest BCUT2D eigenvalue weighted by Gasteiger charge is 1.95. The largest absolute Gasteiger partial charge is 0.379 e. The maximum atomic E-state index is 5.66. The quantitative estimate of drug-likeness (QED) is 0.0959. The van der Waals surface area contributed by atoms with Crippen molar-refractivity contribution in [1.29, 1.82) is 0 Å². The van der Waals surface area contributed by atoms with Crippen molar-refractivity contribution >= 4 is 0 Å².